The Labute approximate surface area is 106 Å². The van der Waals surface area contributed by atoms with Crippen molar-refractivity contribution in [2.75, 3.05) is 0 Å². The minimum absolute atomic E-state index is 0.0612. The van der Waals surface area contributed by atoms with Gasteiger partial charge in [0.1, 0.15) is 11.5 Å². The summed E-state index contributed by atoms with van der Waals surface area (Å²) in [7, 11) is 0. The molecule has 0 atom stereocenters. The summed E-state index contributed by atoms with van der Waals surface area (Å²) in [6.45, 7) is 6.96. The lowest BCUT2D eigenvalue weighted by Gasteiger charge is -2.09. The highest BCUT2D eigenvalue weighted by atomic mass is 16.4. The fourth-order valence-corrected chi connectivity index (χ4v) is 1.82. The van der Waals surface area contributed by atoms with Crippen LogP contribution < -0.4 is 5.43 Å². The third kappa shape index (κ3) is 2.70. The quantitative estimate of drug-likeness (QED) is 0.833. The predicted octanol–water partition coefficient (Wildman–Crippen LogP) is 2.39. The lowest BCUT2D eigenvalue weighted by molar-refractivity contribution is -0.132. The van der Waals surface area contributed by atoms with E-state index in [-0.39, 0.29) is 17.4 Å². The van der Waals surface area contributed by atoms with Gasteiger partial charge in [-0.3, -0.25) is 4.79 Å². The van der Waals surface area contributed by atoms with Gasteiger partial charge < -0.3 is 9.52 Å². The highest BCUT2D eigenvalue weighted by molar-refractivity contribution is 5.86. The molecular formula is C14H18O4. The fraction of sp³-hybridized carbons (Fsp3) is 0.429. The van der Waals surface area contributed by atoms with Gasteiger partial charge in [0.2, 0.25) is 0 Å². The number of hydrogen-bond donors (Lipinski definition) is 1. The zero-order valence-corrected chi connectivity index (χ0v) is 11.2. The van der Waals surface area contributed by atoms with E-state index in [2.05, 4.69) is 0 Å². The van der Waals surface area contributed by atoms with Crippen molar-refractivity contribution >= 4 is 5.97 Å². The maximum Gasteiger partial charge on any atom is 0.331 e. The number of aryl methyl sites for hydroxylation is 1. The standard InChI is InChI=1S/C14H18O4/c1-5-10(14(16)17)7-12-9(4)13(15)8(3)11(6-2)18-12/h5H,6-7H2,1-4H3,(H,16,17)/b10-5-. The lowest BCUT2D eigenvalue weighted by Crippen LogP contribution is -2.16. The Bertz CT molecular complexity index is 550. The van der Waals surface area contributed by atoms with Crippen LogP contribution in [0.3, 0.4) is 0 Å². The van der Waals surface area contributed by atoms with Gasteiger partial charge in [-0.05, 0) is 20.8 Å². The molecule has 1 aromatic heterocycles. The molecule has 0 radical (unpaired) electrons. The van der Waals surface area contributed by atoms with Crippen molar-refractivity contribution in [3.63, 3.8) is 0 Å². The van der Waals surface area contributed by atoms with Crippen molar-refractivity contribution in [2.45, 2.75) is 40.5 Å². The molecule has 0 aliphatic heterocycles. The van der Waals surface area contributed by atoms with Gasteiger partial charge >= 0.3 is 5.97 Å². The summed E-state index contributed by atoms with van der Waals surface area (Å²) in [5.41, 5.74) is 1.27. The van der Waals surface area contributed by atoms with Crippen LogP contribution in [0.1, 0.15) is 36.5 Å². The van der Waals surface area contributed by atoms with E-state index < -0.39 is 5.97 Å². The van der Waals surface area contributed by atoms with Gasteiger partial charge in [0.15, 0.2) is 5.43 Å². The van der Waals surface area contributed by atoms with E-state index in [0.29, 0.717) is 29.1 Å². The summed E-state index contributed by atoms with van der Waals surface area (Å²) in [5.74, 6) is 0.0811. The Balaban J connectivity index is 3.30. The number of carboxylic acid groups (broad SMARTS) is 1. The number of rotatable bonds is 4. The molecular weight excluding hydrogens is 232 g/mol. The van der Waals surface area contributed by atoms with Gasteiger partial charge in [-0.2, -0.15) is 0 Å². The molecule has 18 heavy (non-hydrogen) atoms. The summed E-state index contributed by atoms with van der Waals surface area (Å²) in [6.07, 6.45) is 2.28. The first-order valence-corrected chi connectivity index (χ1v) is 5.92. The number of aliphatic carboxylic acids is 1. The highest BCUT2D eigenvalue weighted by Gasteiger charge is 2.16. The number of carbonyl (C=O) groups is 1. The van der Waals surface area contributed by atoms with Crippen LogP contribution in [0.5, 0.6) is 0 Å². The molecule has 0 saturated carbocycles. The van der Waals surface area contributed by atoms with Gasteiger partial charge in [0.05, 0.1) is 0 Å². The minimum Gasteiger partial charge on any atom is -0.478 e. The molecule has 1 N–H and O–H groups in total. The van der Waals surface area contributed by atoms with Crippen LogP contribution >= 0.6 is 0 Å². The minimum atomic E-state index is -0.988. The first-order chi connectivity index (χ1) is 8.42. The van der Waals surface area contributed by atoms with E-state index >= 15 is 0 Å². The second kappa shape index (κ2) is 5.67. The number of allylic oxidation sites excluding steroid dienone is 1. The third-order valence-corrected chi connectivity index (χ3v) is 3.06. The van der Waals surface area contributed by atoms with Gasteiger partial charge in [0, 0.05) is 29.5 Å². The number of hydrogen-bond acceptors (Lipinski definition) is 3. The normalized spacial score (nSPS) is 11.7. The summed E-state index contributed by atoms with van der Waals surface area (Å²) in [5, 5.41) is 8.99. The van der Waals surface area contributed by atoms with Gasteiger partial charge in [-0.25, -0.2) is 4.79 Å². The summed E-state index contributed by atoms with van der Waals surface area (Å²) in [4.78, 5) is 22.9. The highest BCUT2D eigenvalue weighted by Crippen LogP contribution is 2.16. The second-order valence-electron chi connectivity index (χ2n) is 4.18. The largest absolute Gasteiger partial charge is 0.478 e. The first-order valence-electron chi connectivity index (χ1n) is 5.92. The van der Waals surface area contributed by atoms with Crippen LogP contribution in [0.4, 0.5) is 0 Å². The van der Waals surface area contributed by atoms with Crippen molar-refractivity contribution in [1.29, 1.82) is 0 Å². The molecule has 0 fully saturated rings. The maximum atomic E-state index is 12.0. The molecule has 0 bridgehead atoms. The predicted molar refractivity (Wildman–Crippen MR) is 68.9 cm³/mol. The van der Waals surface area contributed by atoms with E-state index in [0.717, 1.165) is 0 Å². The average Bonchev–Trinajstić information content (AvgIpc) is 2.35. The zero-order chi connectivity index (χ0) is 13.9. The molecule has 0 unspecified atom stereocenters. The third-order valence-electron chi connectivity index (χ3n) is 3.06. The average molecular weight is 250 g/mol. The van der Waals surface area contributed by atoms with Crippen molar-refractivity contribution in [3.8, 4) is 0 Å². The van der Waals surface area contributed by atoms with Crippen LogP contribution in [-0.2, 0) is 17.6 Å². The van der Waals surface area contributed by atoms with E-state index in [1.54, 1.807) is 20.8 Å². The van der Waals surface area contributed by atoms with Crippen LogP contribution in [0.25, 0.3) is 0 Å². The second-order valence-corrected chi connectivity index (χ2v) is 4.18. The van der Waals surface area contributed by atoms with Crippen LogP contribution in [-0.4, -0.2) is 11.1 Å². The molecule has 0 amide bonds. The Morgan fingerprint density at radius 2 is 1.83 bits per heavy atom. The van der Waals surface area contributed by atoms with E-state index in [4.69, 9.17) is 9.52 Å². The summed E-state index contributed by atoms with van der Waals surface area (Å²) < 4.78 is 5.65. The SMILES string of the molecule is C/C=C(/Cc1oc(CC)c(C)c(=O)c1C)C(=O)O. The maximum absolute atomic E-state index is 12.0. The van der Waals surface area contributed by atoms with E-state index in [1.807, 2.05) is 6.92 Å². The Morgan fingerprint density at radius 1 is 1.28 bits per heavy atom. The van der Waals surface area contributed by atoms with E-state index in [1.165, 1.54) is 6.08 Å². The molecule has 0 aliphatic carbocycles. The molecule has 4 nitrogen and oxygen atoms in total. The van der Waals surface area contributed by atoms with Gasteiger partial charge in [0.25, 0.3) is 0 Å². The summed E-state index contributed by atoms with van der Waals surface area (Å²) >= 11 is 0. The molecule has 1 aromatic rings. The smallest absolute Gasteiger partial charge is 0.331 e. The first kappa shape index (κ1) is 14.2. The molecule has 0 aromatic carbocycles. The van der Waals surface area contributed by atoms with Crippen LogP contribution in [0.15, 0.2) is 20.9 Å². The molecule has 4 heteroatoms. The lowest BCUT2D eigenvalue weighted by atomic mass is 10.0. The molecule has 0 aliphatic rings. The van der Waals surface area contributed by atoms with Crippen molar-refractivity contribution in [3.05, 3.63) is 44.5 Å². The molecule has 0 spiro atoms. The van der Waals surface area contributed by atoms with Crippen molar-refractivity contribution in [1.82, 2.24) is 0 Å². The Hall–Kier alpha value is -1.84. The number of carboxylic acids is 1. The van der Waals surface area contributed by atoms with Crippen molar-refractivity contribution < 1.29 is 14.3 Å². The van der Waals surface area contributed by atoms with Gasteiger partial charge in [-0.1, -0.05) is 13.0 Å². The monoisotopic (exact) mass is 250 g/mol. The fourth-order valence-electron chi connectivity index (χ4n) is 1.82. The molecule has 1 rings (SSSR count). The topological polar surface area (TPSA) is 67.5 Å². The summed E-state index contributed by atoms with van der Waals surface area (Å²) in [6, 6.07) is 0. The Kier molecular flexibility index (Phi) is 4.48. The molecule has 1 heterocycles. The molecule has 0 saturated heterocycles. The van der Waals surface area contributed by atoms with E-state index in [9.17, 15) is 9.59 Å². The zero-order valence-electron chi connectivity index (χ0n) is 11.2. The van der Waals surface area contributed by atoms with Crippen LogP contribution in [0.2, 0.25) is 0 Å². The van der Waals surface area contributed by atoms with Crippen LogP contribution in [0, 0.1) is 13.8 Å². The molecule has 98 valence electrons. The van der Waals surface area contributed by atoms with Gasteiger partial charge in [-0.15, -0.1) is 0 Å². The Morgan fingerprint density at radius 3 is 2.28 bits per heavy atom. The van der Waals surface area contributed by atoms with Crippen molar-refractivity contribution in [2.24, 2.45) is 0 Å².